The Morgan fingerprint density at radius 2 is 1.82 bits per heavy atom. The molecule has 4 rings (SSSR count). The summed E-state index contributed by atoms with van der Waals surface area (Å²) in [5.41, 5.74) is 3.29. The molecule has 0 spiro atoms. The van der Waals surface area contributed by atoms with E-state index in [-0.39, 0.29) is 11.9 Å². The molecule has 0 unspecified atom stereocenters. The maximum absolute atomic E-state index is 13.4. The second-order valence-corrected chi connectivity index (χ2v) is 7.06. The lowest BCUT2D eigenvalue weighted by Gasteiger charge is -2.29. The van der Waals surface area contributed by atoms with Crippen LogP contribution in [0, 0.1) is 6.92 Å². The van der Waals surface area contributed by atoms with Crippen molar-refractivity contribution in [2.24, 2.45) is 7.05 Å². The van der Waals surface area contributed by atoms with Crippen LogP contribution in [0.15, 0.2) is 71.1 Å². The average molecular weight is 373 g/mol. The lowest BCUT2D eigenvalue weighted by molar-refractivity contribution is 0.0648. The van der Waals surface area contributed by atoms with Gasteiger partial charge in [-0.1, -0.05) is 48.5 Å². The van der Waals surface area contributed by atoms with Gasteiger partial charge in [0.1, 0.15) is 17.0 Å². The van der Waals surface area contributed by atoms with Crippen molar-refractivity contribution in [2.45, 2.75) is 26.4 Å². The lowest BCUT2D eigenvalue weighted by Crippen LogP contribution is -2.34. The van der Waals surface area contributed by atoms with Crippen LogP contribution in [-0.4, -0.2) is 20.6 Å². The van der Waals surface area contributed by atoms with Crippen molar-refractivity contribution in [1.29, 1.82) is 0 Å². The topological polar surface area (TPSA) is 51.3 Å². The van der Waals surface area contributed by atoms with Gasteiger partial charge in [0.05, 0.1) is 18.3 Å². The smallest absolute Gasteiger partial charge is 0.273 e. The summed E-state index contributed by atoms with van der Waals surface area (Å²) in [6.07, 6.45) is 0. The molecule has 5 heteroatoms. The van der Waals surface area contributed by atoms with Crippen LogP contribution in [0.25, 0.3) is 11.0 Å². The normalized spacial score (nSPS) is 12.2. The van der Waals surface area contributed by atoms with E-state index in [9.17, 15) is 4.79 Å². The first-order valence-electron chi connectivity index (χ1n) is 9.37. The fraction of sp³-hybridized carbons (Fsp3) is 0.217. The number of para-hydroxylation sites is 1. The van der Waals surface area contributed by atoms with E-state index in [1.807, 2.05) is 85.5 Å². The van der Waals surface area contributed by atoms with E-state index in [0.717, 1.165) is 28.0 Å². The number of carbonyl (C=O) groups is 1. The molecule has 2 aromatic heterocycles. The number of hydrogen-bond acceptors (Lipinski definition) is 3. The number of furan rings is 1. The van der Waals surface area contributed by atoms with E-state index in [1.165, 1.54) is 0 Å². The Bertz CT molecular complexity index is 1080. The Kier molecular flexibility index (Phi) is 4.74. The third-order valence-electron chi connectivity index (χ3n) is 5.03. The van der Waals surface area contributed by atoms with Gasteiger partial charge in [-0.2, -0.15) is 5.10 Å². The molecule has 0 saturated heterocycles. The highest BCUT2D eigenvalue weighted by Crippen LogP contribution is 2.27. The monoisotopic (exact) mass is 373 g/mol. The maximum Gasteiger partial charge on any atom is 0.273 e. The summed E-state index contributed by atoms with van der Waals surface area (Å²) in [5, 5.41) is 5.37. The molecule has 0 aliphatic carbocycles. The van der Waals surface area contributed by atoms with Gasteiger partial charge in [0.15, 0.2) is 0 Å². The molecule has 0 fully saturated rings. The highest BCUT2D eigenvalue weighted by Gasteiger charge is 2.26. The van der Waals surface area contributed by atoms with E-state index in [2.05, 4.69) is 5.10 Å². The first-order valence-corrected chi connectivity index (χ1v) is 9.37. The van der Waals surface area contributed by atoms with Crippen molar-refractivity contribution >= 4 is 16.9 Å². The summed E-state index contributed by atoms with van der Waals surface area (Å²) in [7, 11) is 1.80. The zero-order chi connectivity index (χ0) is 19.7. The minimum atomic E-state index is -0.114. The third-order valence-corrected chi connectivity index (χ3v) is 5.03. The fourth-order valence-corrected chi connectivity index (χ4v) is 3.54. The predicted octanol–water partition coefficient (Wildman–Crippen LogP) is 4.88. The zero-order valence-corrected chi connectivity index (χ0v) is 16.3. The van der Waals surface area contributed by atoms with Crippen LogP contribution in [-0.2, 0) is 13.6 Å². The summed E-state index contributed by atoms with van der Waals surface area (Å²) in [4.78, 5) is 15.3. The van der Waals surface area contributed by atoms with Gasteiger partial charge >= 0.3 is 0 Å². The molecule has 5 nitrogen and oxygen atoms in total. The van der Waals surface area contributed by atoms with Crippen LogP contribution in [0.1, 0.15) is 40.5 Å². The number of benzene rings is 2. The second kappa shape index (κ2) is 7.35. The average Bonchev–Trinajstić information content (AvgIpc) is 3.27. The molecule has 1 amide bonds. The second-order valence-electron chi connectivity index (χ2n) is 7.06. The SMILES string of the molecule is Cc1cc(C(=O)N(Cc2cc3ccccc3o2)[C@H](C)c2ccccc2)n(C)n1. The number of hydrogen-bond donors (Lipinski definition) is 0. The number of rotatable bonds is 5. The highest BCUT2D eigenvalue weighted by molar-refractivity contribution is 5.93. The third kappa shape index (κ3) is 3.43. The lowest BCUT2D eigenvalue weighted by atomic mass is 10.1. The van der Waals surface area contributed by atoms with Crippen molar-refractivity contribution in [1.82, 2.24) is 14.7 Å². The summed E-state index contributed by atoms with van der Waals surface area (Å²) in [6.45, 7) is 4.31. The van der Waals surface area contributed by atoms with Crippen LogP contribution in [0.5, 0.6) is 0 Å². The van der Waals surface area contributed by atoms with Gasteiger partial charge in [-0.05, 0) is 37.6 Å². The molecule has 0 bridgehead atoms. The van der Waals surface area contributed by atoms with E-state index in [4.69, 9.17) is 4.42 Å². The summed E-state index contributed by atoms with van der Waals surface area (Å²) in [6, 6.07) is 21.6. The Morgan fingerprint density at radius 1 is 1.11 bits per heavy atom. The first kappa shape index (κ1) is 18.0. The maximum atomic E-state index is 13.4. The van der Waals surface area contributed by atoms with E-state index in [1.54, 1.807) is 11.7 Å². The molecule has 2 aromatic carbocycles. The molecule has 0 aliphatic rings. The molecule has 2 heterocycles. The number of carbonyl (C=O) groups excluding carboxylic acids is 1. The highest BCUT2D eigenvalue weighted by atomic mass is 16.3. The van der Waals surface area contributed by atoms with Gasteiger partial charge in [-0.25, -0.2) is 0 Å². The Labute approximate surface area is 164 Å². The molecule has 0 radical (unpaired) electrons. The van der Waals surface area contributed by atoms with Gasteiger partial charge in [0, 0.05) is 12.4 Å². The number of amides is 1. The van der Waals surface area contributed by atoms with Crippen LogP contribution < -0.4 is 0 Å². The van der Waals surface area contributed by atoms with Crippen molar-refractivity contribution in [3.05, 3.63) is 89.4 Å². The molecular formula is C23H23N3O2. The first-order chi connectivity index (χ1) is 13.5. The molecule has 4 aromatic rings. The number of aromatic nitrogens is 2. The van der Waals surface area contributed by atoms with E-state index < -0.39 is 0 Å². The molecule has 0 aliphatic heterocycles. The van der Waals surface area contributed by atoms with Gasteiger partial charge in [-0.15, -0.1) is 0 Å². The quantitative estimate of drug-likeness (QED) is 0.501. The fourth-order valence-electron chi connectivity index (χ4n) is 3.54. The standard InChI is InChI=1S/C23H23N3O2/c1-16-13-21(25(3)24-16)23(27)26(17(2)18-9-5-4-6-10-18)15-20-14-19-11-7-8-12-22(19)28-20/h4-14,17H,15H2,1-3H3/t17-/m1/s1. The van der Waals surface area contributed by atoms with Crippen LogP contribution in [0.2, 0.25) is 0 Å². The molecule has 142 valence electrons. The van der Waals surface area contributed by atoms with Gasteiger partial charge in [0.2, 0.25) is 0 Å². The molecular weight excluding hydrogens is 350 g/mol. The Morgan fingerprint density at radius 3 is 2.50 bits per heavy atom. The number of nitrogens with zero attached hydrogens (tertiary/aromatic N) is 3. The number of fused-ring (bicyclic) bond motifs is 1. The summed E-state index contributed by atoms with van der Waals surface area (Å²) < 4.78 is 7.63. The number of aryl methyl sites for hydroxylation is 2. The molecule has 0 saturated carbocycles. The van der Waals surface area contributed by atoms with Crippen LogP contribution >= 0.6 is 0 Å². The van der Waals surface area contributed by atoms with E-state index in [0.29, 0.717) is 12.2 Å². The summed E-state index contributed by atoms with van der Waals surface area (Å²) >= 11 is 0. The Balaban J connectivity index is 1.72. The van der Waals surface area contributed by atoms with E-state index >= 15 is 0 Å². The predicted molar refractivity (Wildman–Crippen MR) is 109 cm³/mol. The van der Waals surface area contributed by atoms with Gasteiger partial charge in [-0.3, -0.25) is 9.48 Å². The van der Waals surface area contributed by atoms with Gasteiger partial charge in [0.25, 0.3) is 5.91 Å². The van der Waals surface area contributed by atoms with Gasteiger partial charge < -0.3 is 9.32 Å². The molecule has 28 heavy (non-hydrogen) atoms. The summed E-state index contributed by atoms with van der Waals surface area (Å²) in [5.74, 6) is 0.691. The van der Waals surface area contributed by atoms with Crippen LogP contribution in [0.3, 0.4) is 0 Å². The van der Waals surface area contributed by atoms with Crippen LogP contribution in [0.4, 0.5) is 0 Å². The van der Waals surface area contributed by atoms with Crippen molar-refractivity contribution in [2.75, 3.05) is 0 Å². The van der Waals surface area contributed by atoms with Crippen molar-refractivity contribution < 1.29 is 9.21 Å². The van der Waals surface area contributed by atoms with Crippen molar-refractivity contribution in [3.8, 4) is 0 Å². The Hall–Kier alpha value is -3.34. The molecule has 1 atom stereocenters. The minimum absolute atomic E-state index is 0.0695. The largest absolute Gasteiger partial charge is 0.459 e. The minimum Gasteiger partial charge on any atom is -0.459 e. The zero-order valence-electron chi connectivity index (χ0n) is 16.3. The molecule has 0 N–H and O–H groups in total. The van der Waals surface area contributed by atoms with Crippen molar-refractivity contribution in [3.63, 3.8) is 0 Å².